The number of carbonyl (C=O) groups excluding carboxylic acids is 1. The second-order valence-corrected chi connectivity index (χ2v) is 5.14. The Kier molecular flexibility index (Phi) is 3.25. The maximum Gasteiger partial charge on any atom is 0.220 e. The Morgan fingerprint density at radius 3 is 3.11 bits per heavy atom. The third-order valence-electron chi connectivity index (χ3n) is 3.33. The summed E-state index contributed by atoms with van der Waals surface area (Å²) in [6.45, 7) is 0.730. The van der Waals surface area contributed by atoms with Crippen LogP contribution in [0.25, 0.3) is 10.9 Å². The molecule has 3 rings (SSSR count). The van der Waals surface area contributed by atoms with Crippen LogP contribution in [0.5, 0.6) is 0 Å². The van der Waals surface area contributed by atoms with Gasteiger partial charge in [-0.25, -0.2) is 0 Å². The minimum absolute atomic E-state index is 0.137. The zero-order chi connectivity index (χ0) is 13.2. The molecule has 1 unspecified atom stereocenters. The standard InChI is InChI=1S/C14H14ClN3O/c15-9-1-3-11-12(5-6-16-13(11)7-9)17-8-10-2-4-14(19)18-10/h1,3,5-7,10H,2,4,8H2,(H,16,17)(H,18,19). The summed E-state index contributed by atoms with van der Waals surface area (Å²) in [6.07, 6.45) is 3.27. The number of hydrogen-bond donors (Lipinski definition) is 2. The monoisotopic (exact) mass is 275 g/mol. The number of hydrogen-bond acceptors (Lipinski definition) is 3. The van der Waals surface area contributed by atoms with Crippen molar-refractivity contribution in [3.8, 4) is 0 Å². The largest absolute Gasteiger partial charge is 0.382 e. The van der Waals surface area contributed by atoms with Crippen molar-refractivity contribution in [2.75, 3.05) is 11.9 Å². The first-order valence-corrected chi connectivity index (χ1v) is 6.68. The van der Waals surface area contributed by atoms with Crippen LogP contribution in [0.1, 0.15) is 12.8 Å². The van der Waals surface area contributed by atoms with Gasteiger partial charge in [-0.1, -0.05) is 11.6 Å². The first kappa shape index (κ1) is 12.2. The maximum atomic E-state index is 11.2. The Hall–Kier alpha value is -1.81. The number of anilines is 1. The fourth-order valence-electron chi connectivity index (χ4n) is 2.34. The number of halogens is 1. The van der Waals surface area contributed by atoms with E-state index in [4.69, 9.17) is 11.6 Å². The lowest BCUT2D eigenvalue weighted by atomic mass is 10.1. The van der Waals surface area contributed by atoms with Crippen LogP contribution >= 0.6 is 11.6 Å². The number of fused-ring (bicyclic) bond motifs is 1. The van der Waals surface area contributed by atoms with E-state index in [1.165, 1.54) is 0 Å². The molecule has 4 nitrogen and oxygen atoms in total. The molecule has 2 N–H and O–H groups in total. The van der Waals surface area contributed by atoms with Crippen LogP contribution in [0.2, 0.25) is 5.02 Å². The molecule has 0 radical (unpaired) electrons. The van der Waals surface area contributed by atoms with Gasteiger partial charge in [0.05, 0.1) is 5.52 Å². The fraction of sp³-hybridized carbons (Fsp3) is 0.286. The van der Waals surface area contributed by atoms with Crippen molar-refractivity contribution >= 4 is 34.1 Å². The van der Waals surface area contributed by atoms with E-state index in [9.17, 15) is 4.79 Å². The summed E-state index contributed by atoms with van der Waals surface area (Å²) in [4.78, 5) is 15.5. The van der Waals surface area contributed by atoms with Gasteiger partial charge in [0.15, 0.2) is 0 Å². The van der Waals surface area contributed by atoms with Gasteiger partial charge < -0.3 is 10.6 Å². The van der Waals surface area contributed by atoms with Crippen LogP contribution < -0.4 is 10.6 Å². The predicted octanol–water partition coefficient (Wildman–Crippen LogP) is 2.58. The first-order valence-electron chi connectivity index (χ1n) is 6.30. The van der Waals surface area contributed by atoms with Crippen LogP contribution in [0.3, 0.4) is 0 Å². The zero-order valence-electron chi connectivity index (χ0n) is 10.3. The van der Waals surface area contributed by atoms with Crippen LogP contribution in [0, 0.1) is 0 Å². The molecule has 0 bridgehead atoms. The smallest absolute Gasteiger partial charge is 0.220 e. The van der Waals surface area contributed by atoms with E-state index in [1.807, 2.05) is 24.3 Å². The Labute approximate surface area is 116 Å². The average Bonchev–Trinajstić information content (AvgIpc) is 2.81. The number of benzene rings is 1. The summed E-state index contributed by atoms with van der Waals surface area (Å²) in [5, 5.41) is 8.03. The van der Waals surface area contributed by atoms with E-state index in [0.29, 0.717) is 11.4 Å². The molecule has 2 aromatic rings. The lowest BCUT2D eigenvalue weighted by Crippen LogP contribution is -2.31. The van der Waals surface area contributed by atoms with E-state index in [2.05, 4.69) is 15.6 Å². The molecule has 2 heterocycles. The normalized spacial score (nSPS) is 18.6. The maximum absolute atomic E-state index is 11.2. The second kappa shape index (κ2) is 5.05. The van der Waals surface area contributed by atoms with Crippen molar-refractivity contribution in [3.63, 3.8) is 0 Å². The molecule has 1 aromatic heterocycles. The number of nitrogens with one attached hydrogen (secondary N) is 2. The summed E-state index contributed by atoms with van der Waals surface area (Å²) >= 11 is 5.96. The fourth-order valence-corrected chi connectivity index (χ4v) is 2.51. The molecule has 0 saturated carbocycles. The third-order valence-corrected chi connectivity index (χ3v) is 3.56. The third kappa shape index (κ3) is 2.63. The van der Waals surface area contributed by atoms with Crippen LogP contribution in [0.15, 0.2) is 30.5 Å². The number of rotatable bonds is 3. The summed E-state index contributed by atoms with van der Waals surface area (Å²) in [5.41, 5.74) is 1.88. The Balaban J connectivity index is 1.79. The minimum Gasteiger partial charge on any atom is -0.382 e. The molecule has 1 atom stereocenters. The van der Waals surface area contributed by atoms with Gasteiger partial charge in [0.1, 0.15) is 0 Å². The Morgan fingerprint density at radius 2 is 2.32 bits per heavy atom. The van der Waals surface area contributed by atoms with Crippen molar-refractivity contribution in [2.24, 2.45) is 0 Å². The number of pyridine rings is 1. The number of nitrogens with zero attached hydrogens (tertiary/aromatic N) is 1. The lowest BCUT2D eigenvalue weighted by molar-refractivity contribution is -0.119. The van der Waals surface area contributed by atoms with Gasteiger partial charge in [-0.2, -0.15) is 0 Å². The summed E-state index contributed by atoms with van der Waals surface area (Å²) in [6, 6.07) is 7.81. The van der Waals surface area contributed by atoms with Gasteiger partial charge >= 0.3 is 0 Å². The van der Waals surface area contributed by atoms with E-state index in [0.717, 1.165) is 29.6 Å². The van der Waals surface area contributed by atoms with Gasteiger partial charge in [0.25, 0.3) is 0 Å². The number of carbonyl (C=O) groups is 1. The molecular formula is C14H14ClN3O. The molecule has 98 valence electrons. The van der Waals surface area contributed by atoms with E-state index >= 15 is 0 Å². The molecule has 0 aliphatic carbocycles. The van der Waals surface area contributed by atoms with Crippen molar-refractivity contribution in [3.05, 3.63) is 35.5 Å². The van der Waals surface area contributed by atoms with Gasteiger partial charge in [0.2, 0.25) is 5.91 Å². The van der Waals surface area contributed by atoms with Gasteiger partial charge in [0, 0.05) is 41.3 Å². The summed E-state index contributed by atoms with van der Waals surface area (Å²) < 4.78 is 0. The minimum atomic E-state index is 0.137. The Bertz CT molecular complexity index is 629. The van der Waals surface area contributed by atoms with Crippen LogP contribution in [-0.2, 0) is 4.79 Å². The van der Waals surface area contributed by atoms with Gasteiger partial charge in [-0.05, 0) is 30.7 Å². The van der Waals surface area contributed by atoms with Gasteiger partial charge in [-0.3, -0.25) is 9.78 Å². The van der Waals surface area contributed by atoms with Crippen molar-refractivity contribution in [1.29, 1.82) is 0 Å². The van der Waals surface area contributed by atoms with E-state index in [-0.39, 0.29) is 11.9 Å². The topological polar surface area (TPSA) is 54.0 Å². The van der Waals surface area contributed by atoms with Crippen LogP contribution in [0.4, 0.5) is 5.69 Å². The molecule has 1 fully saturated rings. The van der Waals surface area contributed by atoms with E-state index in [1.54, 1.807) is 6.20 Å². The molecule has 1 saturated heterocycles. The number of amides is 1. The average molecular weight is 276 g/mol. The molecule has 19 heavy (non-hydrogen) atoms. The highest BCUT2D eigenvalue weighted by Crippen LogP contribution is 2.24. The van der Waals surface area contributed by atoms with Crippen molar-refractivity contribution in [2.45, 2.75) is 18.9 Å². The lowest BCUT2D eigenvalue weighted by Gasteiger charge is -2.14. The summed E-state index contributed by atoms with van der Waals surface area (Å²) in [5.74, 6) is 0.137. The zero-order valence-corrected chi connectivity index (χ0v) is 11.1. The van der Waals surface area contributed by atoms with E-state index < -0.39 is 0 Å². The second-order valence-electron chi connectivity index (χ2n) is 4.70. The van der Waals surface area contributed by atoms with Crippen molar-refractivity contribution in [1.82, 2.24) is 10.3 Å². The quantitative estimate of drug-likeness (QED) is 0.905. The molecule has 0 spiro atoms. The molecule has 1 amide bonds. The molecule has 1 aromatic carbocycles. The summed E-state index contributed by atoms with van der Waals surface area (Å²) in [7, 11) is 0. The highest BCUT2D eigenvalue weighted by Gasteiger charge is 2.20. The van der Waals surface area contributed by atoms with Crippen LogP contribution in [-0.4, -0.2) is 23.5 Å². The predicted molar refractivity (Wildman–Crippen MR) is 76.4 cm³/mol. The highest BCUT2D eigenvalue weighted by atomic mass is 35.5. The molecule has 1 aliphatic heterocycles. The Morgan fingerprint density at radius 1 is 1.42 bits per heavy atom. The molecular weight excluding hydrogens is 262 g/mol. The molecule has 5 heteroatoms. The molecule has 1 aliphatic rings. The highest BCUT2D eigenvalue weighted by molar-refractivity contribution is 6.31. The van der Waals surface area contributed by atoms with Crippen molar-refractivity contribution < 1.29 is 4.79 Å². The SMILES string of the molecule is O=C1CCC(CNc2ccnc3cc(Cl)ccc23)N1. The van der Waals surface area contributed by atoms with Gasteiger partial charge in [-0.15, -0.1) is 0 Å². The first-order chi connectivity index (χ1) is 9.22. The number of aromatic nitrogens is 1.